The molecule has 0 radical (unpaired) electrons. The first kappa shape index (κ1) is 18.8. The zero-order chi connectivity index (χ0) is 19.4. The topological polar surface area (TPSA) is 50.8 Å². The zero-order valence-corrected chi connectivity index (χ0v) is 15.1. The molecule has 1 heterocycles. The van der Waals surface area contributed by atoms with Gasteiger partial charge in [-0.3, -0.25) is 4.79 Å². The minimum absolute atomic E-state index is 0.0423. The van der Waals surface area contributed by atoms with Crippen molar-refractivity contribution in [3.8, 4) is 11.5 Å². The quantitative estimate of drug-likeness (QED) is 0.598. The highest BCUT2D eigenvalue weighted by Crippen LogP contribution is 2.31. The Labute approximate surface area is 160 Å². The van der Waals surface area contributed by atoms with Crippen molar-refractivity contribution < 1.29 is 23.0 Å². The number of halogens is 2. The number of hydrogen-bond donors (Lipinski definition) is 1. The highest BCUT2D eigenvalue weighted by molar-refractivity contribution is 7.80. The molecule has 0 unspecified atom stereocenters. The summed E-state index contributed by atoms with van der Waals surface area (Å²) in [4.78, 5) is 14.2. The molecule has 3 rings (SSSR count). The number of thiocarbonyl (C=S) groups is 1. The molecule has 2 aromatic carbocycles. The number of carbonyl (C=O) groups excluding carboxylic acids is 1. The van der Waals surface area contributed by atoms with Crippen molar-refractivity contribution in [2.24, 2.45) is 0 Å². The number of hydrogen-bond acceptors (Lipinski definition) is 4. The van der Waals surface area contributed by atoms with Gasteiger partial charge in [0.15, 0.2) is 5.11 Å². The summed E-state index contributed by atoms with van der Waals surface area (Å²) in [6.07, 6.45) is 1.59. The van der Waals surface area contributed by atoms with E-state index in [2.05, 4.69) is 10.1 Å². The maximum absolute atomic E-state index is 12.8. The molecule has 0 spiro atoms. The van der Waals surface area contributed by atoms with Crippen molar-refractivity contribution in [2.75, 3.05) is 11.5 Å². The van der Waals surface area contributed by atoms with Crippen LogP contribution in [0.3, 0.4) is 0 Å². The number of rotatable bonds is 6. The largest absolute Gasteiger partial charge is 0.492 e. The van der Waals surface area contributed by atoms with Crippen molar-refractivity contribution in [3.63, 3.8) is 0 Å². The van der Waals surface area contributed by atoms with E-state index < -0.39 is 6.61 Å². The molecular weight excluding hydrogens is 374 g/mol. The molecule has 5 nitrogen and oxygen atoms in total. The maximum atomic E-state index is 12.8. The summed E-state index contributed by atoms with van der Waals surface area (Å²) in [6.45, 7) is -0.579. The molecule has 2 aromatic rings. The minimum atomic E-state index is -2.89. The van der Waals surface area contributed by atoms with Crippen LogP contribution in [0.5, 0.6) is 11.5 Å². The fourth-order valence-electron chi connectivity index (χ4n) is 2.59. The van der Waals surface area contributed by atoms with Crippen LogP contribution in [0.25, 0.3) is 6.08 Å². The van der Waals surface area contributed by atoms with Gasteiger partial charge in [-0.05, 0) is 55.0 Å². The summed E-state index contributed by atoms with van der Waals surface area (Å²) in [6, 6.07) is 13.0. The number of nitrogens with one attached hydrogen (secondary N) is 1. The molecule has 1 aliphatic rings. The van der Waals surface area contributed by atoms with Gasteiger partial charge in [-0.15, -0.1) is 0 Å². The number of benzene rings is 2. The van der Waals surface area contributed by atoms with Crippen LogP contribution in [-0.4, -0.2) is 24.2 Å². The van der Waals surface area contributed by atoms with Gasteiger partial charge in [0, 0.05) is 0 Å². The lowest BCUT2D eigenvalue weighted by atomic mass is 10.2. The summed E-state index contributed by atoms with van der Waals surface area (Å²) in [5.41, 5.74) is 1.45. The second kappa shape index (κ2) is 8.13. The van der Waals surface area contributed by atoms with Crippen LogP contribution in [0.4, 0.5) is 14.5 Å². The molecule has 1 saturated heterocycles. The third-order valence-corrected chi connectivity index (χ3v) is 3.99. The van der Waals surface area contributed by atoms with Crippen molar-refractivity contribution in [1.82, 2.24) is 5.32 Å². The molecule has 0 bridgehead atoms. The summed E-state index contributed by atoms with van der Waals surface area (Å²) >= 11 is 5.30. The first-order valence-corrected chi connectivity index (χ1v) is 8.54. The van der Waals surface area contributed by atoms with E-state index in [-0.39, 0.29) is 22.5 Å². The van der Waals surface area contributed by atoms with Crippen LogP contribution in [0, 0.1) is 0 Å². The summed E-state index contributed by atoms with van der Waals surface area (Å²) in [7, 11) is 0. The smallest absolute Gasteiger partial charge is 0.387 e. The molecule has 1 amide bonds. The average Bonchev–Trinajstić information content (AvgIpc) is 2.91. The number of anilines is 1. The molecule has 0 atom stereocenters. The molecular formula is C19H16F2N2O3S. The van der Waals surface area contributed by atoms with Crippen LogP contribution in [0.2, 0.25) is 0 Å². The minimum Gasteiger partial charge on any atom is -0.492 e. The van der Waals surface area contributed by atoms with E-state index in [9.17, 15) is 13.6 Å². The highest BCUT2D eigenvalue weighted by Gasteiger charge is 2.33. The molecule has 140 valence electrons. The highest BCUT2D eigenvalue weighted by atomic mass is 32.1. The molecule has 0 aromatic heterocycles. The maximum Gasteiger partial charge on any atom is 0.387 e. The molecule has 27 heavy (non-hydrogen) atoms. The number of alkyl halides is 2. The van der Waals surface area contributed by atoms with Gasteiger partial charge < -0.3 is 14.8 Å². The summed E-state index contributed by atoms with van der Waals surface area (Å²) in [5, 5.41) is 3.11. The first-order chi connectivity index (χ1) is 13.0. The van der Waals surface area contributed by atoms with Gasteiger partial charge in [0.2, 0.25) is 0 Å². The van der Waals surface area contributed by atoms with E-state index in [1.165, 1.54) is 17.0 Å². The monoisotopic (exact) mass is 390 g/mol. The predicted molar refractivity (Wildman–Crippen MR) is 102 cm³/mol. The fraction of sp³-hybridized carbons (Fsp3) is 0.158. The fourth-order valence-corrected chi connectivity index (χ4v) is 2.88. The number of amides is 1. The van der Waals surface area contributed by atoms with Crippen LogP contribution < -0.4 is 19.7 Å². The second-order valence-corrected chi connectivity index (χ2v) is 5.86. The Hall–Kier alpha value is -3.00. The lowest BCUT2D eigenvalue weighted by Crippen LogP contribution is -2.30. The normalized spacial score (nSPS) is 15.4. The number of ether oxygens (including phenoxy) is 2. The molecule has 1 fully saturated rings. The van der Waals surface area contributed by atoms with E-state index in [1.807, 2.05) is 13.0 Å². The van der Waals surface area contributed by atoms with E-state index in [0.717, 1.165) is 0 Å². The molecule has 1 N–H and O–H groups in total. The number of para-hydroxylation sites is 2. The Balaban J connectivity index is 1.85. The van der Waals surface area contributed by atoms with Gasteiger partial charge in [-0.1, -0.05) is 24.3 Å². The Morgan fingerprint density at radius 2 is 1.89 bits per heavy atom. The van der Waals surface area contributed by atoms with Gasteiger partial charge >= 0.3 is 6.61 Å². The summed E-state index contributed by atoms with van der Waals surface area (Å²) < 4.78 is 34.3. The van der Waals surface area contributed by atoms with E-state index in [0.29, 0.717) is 23.6 Å². The van der Waals surface area contributed by atoms with Gasteiger partial charge in [-0.2, -0.15) is 8.78 Å². The predicted octanol–water partition coefficient (Wildman–Crippen LogP) is 3.95. The van der Waals surface area contributed by atoms with Gasteiger partial charge in [0.05, 0.1) is 12.3 Å². The van der Waals surface area contributed by atoms with Gasteiger partial charge in [0.1, 0.15) is 17.2 Å². The number of carbonyl (C=O) groups is 1. The lowest BCUT2D eigenvalue weighted by Gasteiger charge is -2.17. The standard InChI is InChI=1S/C19H16F2N2O3S/c1-2-25-16-6-4-3-5-15(16)23-17(24)14(22-19(23)27)11-12-7-9-13(10-8-12)26-18(20)21/h3-11,18H,2H2,1H3,(H,22,27)/b14-11+. The first-order valence-electron chi connectivity index (χ1n) is 8.13. The summed E-state index contributed by atoms with van der Waals surface area (Å²) in [5.74, 6) is 0.257. The Kier molecular flexibility index (Phi) is 5.66. The van der Waals surface area contributed by atoms with Crippen molar-refractivity contribution in [1.29, 1.82) is 0 Å². The van der Waals surface area contributed by atoms with Gasteiger partial charge in [0.25, 0.3) is 5.91 Å². The van der Waals surface area contributed by atoms with E-state index >= 15 is 0 Å². The Morgan fingerprint density at radius 3 is 2.56 bits per heavy atom. The third kappa shape index (κ3) is 4.22. The number of nitrogens with zero attached hydrogens (tertiary/aromatic N) is 1. The van der Waals surface area contributed by atoms with Crippen molar-refractivity contribution >= 4 is 35.0 Å². The average molecular weight is 390 g/mol. The van der Waals surface area contributed by atoms with Crippen molar-refractivity contribution in [3.05, 3.63) is 59.8 Å². The molecule has 0 saturated carbocycles. The van der Waals surface area contributed by atoms with Crippen molar-refractivity contribution in [2.45, 2.75) is 13.5 Å². The van der Waals surface area contributed by atoms with E-state index in [1.54, 1.807) is 36.4 Å². The van der Waals surface area contributed by atoms with Gasteiger partial charge in [-0.25, -0.2) is 4.90 Å². The SMILES string of the molecule is CCOc1ccccc1N1C(=O)/C(=C\c2ccc(OC(F)F)cc2)NC1=S. The molecule has 0 aliphatic carbocycles. The lowest BCUT2D eigenvalue weighted by molar-refractivity contribution is -0.113. The van der Waals surface area contributed by atoms with Crippen LogP contribution >= 0.6 is 12.2 Å². The van der Waals surface area contributed by atoms with E-state index in [4.69, 9.17) is 17.0 Å². The second-order valence-electron chi connectivity index (χ2n) is 5.48. The van der Waals surface area contributed by atoms with Crippen LogP contribution in [-0.2, 0) is 4.79 Å². The third-order valence-electron chi connectivity index (χ3n) is 3.70. The van der Waals surface area contributed by atoms with Crippen LogP contribution in [0.1, 0.15) is 12.5 Å². The Bertz CT molecular complexity index is 885. The van der Waals surface area contributed by atoms with Crippen LogP contribution in [0.15, 0.2) is 54.2 Å². The molecule has 8 heteroatoms. The zero-order valence-electron chi connectivity index (χ0n) is 14.3. The molecule has 1 aliphatic heterocycles. The Morgan fingerprint density at radius 1 is 1.19 bits per heavy atom.